The lowest BCUT2D eigenvalue weighted by atomic mass is 9.94. The van der Waals surface area contributed by atoms with Crippen LogP contribution >= 0.6 is 0 Å². The molecular formula is C25H32N2O3S. The number of sulfonamides is 1. The maximum absolute atomic E-state index is 13.5. The van der Waals surface area contributed by atoms with Crippen LogP contribution in [0.1, 0.15) is 46.2 Å². The number of rotatable bonds is 3. The molecule has 2 aliphatic rings. The smallest absolute Gasteiger partial charge is 0.243 e. The van der Waals surface area contributed by atoms with Crippen molar-refractivity contribution in [2.45, 2.75) is 58.4 Å². The quantitative estimate of drug-likeness (QED) is 0.727. The molecule has 166 valence electrons. The summed E-state index contributed by atoms with van der Waals surface area (Å²) in [4.78, 5) is 15.5. The number of carbonyl (C=O) groups excluding carboxylic acids is 1. The van der Waals surface area contributed by atoms with E-state index < -0.39 is 10.0 Å². The molecule has 0 N–H and O–H groups in total. The summed E-state index contributed by atoms with van der Waals surface area (Å²) in [6, 6.07) is 10.3. The molecule has 4 rings (SSSR count). The fourth-order valence-electron chi connectivity index (χ4n) is 4.98. The van der Waals surface area contributed by atoms with E-state index in [1.807, 2.05) is 50.8 Å². The van der Waals surface area contributed by atoms with Gasteiger partial charge in [-0.2, -0.15) is 4.31 Å². The highest BCUT2D eigenvalue weighted by Gasteiger charge is 2.36. The van der Waals surface area contributed by atoms with Crippen LogP contribution in [0.2, 0.25) is 0 Å². The first-order valence-electron chi connectivity index (χ1n) is 11.1. The van der Waals surface area contributed by atoms with E-state index in [1.54, 1.807) is 4.31 Å². The highest BCUT2D eigenvalue weighted by Crippen LogP contribution is 2.32. The number of aryl methyl sites for hydroxylation is 2. The van der Waals surface area contributed by atoms with E-state index in [9.17, 15) is 13.2 Å². The second-order valence-corrected chi connectivity index (χ2v) is 10.9. The minimum Gasteiger partial charge on any atom is -0.338 e. The van der Waals surface area contributed by atoms with Crippen LogP contribution in [0.4, 0.5) is 0 Å². The largest absolute Gasteiger partial charge is 0.338 e. The Morgan fingerprint density at radius 3 is 2.10 bits per heavy atom. The summed E-state index contributed by atoms with van der Waals surface area (Å²) in [6.07, 6.45) is 2.05. The number of amides is 1. The zero-order chi connectivity index (χ0) is 22.3. The van der Waals surface area contributed by atoms with Gasteiger partial charge in [-0.1, -0.05) is 30.3 Å². The number of carbonyl (C=O) groups is 1. The van der Waals surface area contributed by atoms with E-state index in [2.05, 4.69) is 12.1 Å². The molecule has 1 fully saturated rings. The Kier molecular flexibility index (Phi) is 5.97. The summed E-state index contributed by atoms with van der Waals surface area (Å²) >= 11 is 0. The van der Waals surface area contributed by atoms with Crippen LogP contribution in [0, 0.1) is 33.6 Å². The maximum atomic E-state index is 13.5. The lowest BCUT2D eigenvalue weighted by Crippen LogP contribution is -2.45. The van der Waals surface area contributed by atoms with Crippen LogP contribution < -0.4 is 0 Å². The molecule has 5 nitrogen and oxygen atoms in total. The Labute approximate surface area is 186 Å². The van der Waals surface area contributed by atoms with Gasteiger partial charge in [0.15, 0.2) is 0 Å². The van der Waals surface area contributed by atoms with Crippen LogP contribution in [0.3, 0.4) is 0 Å². The van der Waals surface area contributed by atoms with Crippen molar-refractivity contribution < 1.29 is 13.2 Å². The first-order valence-corrected chi connectivity index (χ1v) is 12.6. The number of piperidine rings is 1. The van der Waals surface area contributed by atoms with Gasteiger partial charge in [0, 0.05) is 32.1 Å². The van der Waals surface area contributed by atoms with Crippen molar-refractivity contribution in [3.8, 4) is 0 Å². The topological polar surface area (TPSA) is 57.7 Å². The van der Waals surface area contributed by atoms with Gasteiger partial charge >= 0.3 is 0 Å². The second-order valence-electron chi connectivity index (χ2n) is 9.05. The average molecular weight is 441 g/mol. The highest BCUT2D eigenvalue weighted by molar-refractivity contribution is 7.89. The van der Waals surface area contributed by atoms with E-state index in [1.165, 1.54) is 11.1 Å². The van der Waals surface area contributed by atoms with Crippen molar-refractivity contribution in [1.29, 1.82) is 0 Å². The van der Waals surface area contributed by atoms with E-state index in [0.29, 0.717) is 37.4 Å². The monoisotopic (exact) mass is 440 g/mol. The highest BCUT2D eigenvalue weighted by atomic mass is 32.2. The lowest BCUT2D eigenvalue weighted by molar-refractivity contribution is -0.137. The summed E-state index contributed by atoms with van der Waals surface area (Å²) in [6.45, 7) is 9.90. The fraction of sp³-hybridized carbons (Fsp3) is 0.480. The molecule has 0 aromatic heterocycles. The molecule has 0 radical (unpaired) electrons. The van der Waals surface area contributed by atoms with Gasteiger partial charge < -0.3 is 4.90 Å². The molecule has 0 aliphatic carbocycles. The van der Waals surface area contributed by atoms with E-state index in [4.69, 9.17) is 0 Å². The lowest BCUT2D eigenvalue weighted by Gasteiger charge is -2.36. The minimum absolute atomic E-state index is 0.0989. The molecule has 1 amide bonds. The Morgan fingerprint density at radius 1 is 0.903 bits per heavy atom. The molecule has 1 saturated heterocycles. The summed E-state index contributed by atoms with van der Waals surface area (Å²) in [5.41, 5.74) is 6.20. The van der Waals surface area contributed by atoms with Crippen LogP contribution in [-0.4, -0.2) is 43.2 Å². The molecule has 0 spiro atoms. The maximum Gasteiger partial charge on any atom is 0.243 e. The molecule has 2 aliphatic heterocycles. The third-order valence-electron chi connectivity index (χ3n) is 7.14. The van der Waals surface area contributed by atoms with Crippen molar-refractivity contribution in [2.24, 2.45) is 5.92 Å². The Balaban J connectivity index is 1.46. The van der Waals surface area contributed by atoms with Gasteiger partial charge in [-0.25, -0.2) is 8.42 Å². The minimum atomic E-state index is -3.57. The Bertz CT molecular complexity index is 1090. The van der Waals surface area contributed by atoms with Gasteiger partial charge in [-0.3, -0.25) is 4.79 Å². The van der Waals surface area contributed by atoms with Gasteiger partial charge in [0.1, 0.15) is 0 Å². The average Bonchev–Trinajstić information content (AvgIpc) is 2.77. The molecule has 2 aromatic rings. The first kappa shape index (κ1) is 22.0. The molecule has 2 aromatic carbocycles. The van der Waals surface area contributed by atoms with Crippen LogP contribution in [0.15, 0.2) is 35.2 Å². The summed E-state index contributed by atoms with van der Waals surface area (Å²) < 4.78 is 28.5. The van der Waals surface area contributed by atoms with Gasteiger partial charge in [0.05, 0.1) is 4.90 Å². The van der Waals surface area contributed by atoms with E-state index >= 15 is 0 Å². The molecule has 6 heteroatoms. The van der Waals surface area contributed by atoms with E-state index in [0.717, 1.165) is 35.2 Å². The normalized spacial score (nSPS) is 18.1. The summed E-state index contributed by atoms with van der Waals surface area (Å²) in [5.74, 6) is 0.0727. The summed E-state index contributed by atoms with van der Waals surface area (Å²) in [7, 11) is -3.57. The number of hydrogen-bond acceptors (Lipinski definition) is 3. The predicted octanol–water partition coefficient (Wildman–Crippen LogP) is 3.91. The van der Waals surface area contributed by atoms with Crippen molar-refractivity contribution in [3.05, 3.63) is 63.7 Å². The van der Waals surface area contributed by atoms with Crippen molar-refractivity contribution in [3.63, 3.8) is 0 Å². The molecular weight excluding hydrogens is 408 g/mol. The Hall–Kier alpha value is -2.18. The second kappa shape index (κ2) is 8.40. The standard InChI is InChI=1S/C25H32N2O3S/c1-17-15-18(2)20(4)24(19(17)3)31(29,30)27-13-10-22(11-14-27)25(28)26-12-9-21-7-5-6-8-23(21)16-26/h5-8,15,22H,9-14,16H2,1-4H3. The predicted molar refractivity (Wildman–Crippen MR) is 122 cm³/mol. The van der Waals surface area contributed by atoms with Gasteiger partial charge in [-0.05, 0) is 80.3 Å². The van der Waals surface area contributed by atoms with Crippen LogP contribution in [0.5, 0.6) is 0 Å². The first-order chi connectivity index (χ1) is 14.7. The van der Waals surface area contributed by atoms with Crippen molar-refractivity contribution >= 4 is 15.9 Å². The number of nitrogens with zero attached hydrogens (tertiary/aromatic N) is 2. The van der Waals surface area contributed by atoms with Crippen molar-refractivity contribution in [2.75, 3.05) is 19.6 Å². The Morgan fingerprint density at radius 2 is 1.48 bits per heavy atom. The number of benzene rings is 2. The molecule has 0 saturated carbocycles. The van der Waals surface area contributed by atoms with Gasteiger partial charge in [0.2, 0.25) is 15.9 Å². The third-order valence-corrected chi connectivity index (χ3v) is 9.31. The van der Waals surface area contributed by atoms with Crippen LogP contribution in [0.25, 0.3) is 0 Å². The van der Waals surface area contributed by atoms with E-state index in [-0.39, 0.29) is 11.8 Å². The zero-order valence-corrected chi connectivity index (χ0v) is 19.8. The van der Waals surface area contributed by atoms with Gasteiger partial charge in [0.25, 0.3) is 0 Å². The molecule has 0 bridgehead atoms. The zero-order valence-electron chi connectivity index (χ0n) is 18.9. The molecule has 0 atom stereocenters. The summed E-state index contributed by atoms with van der Waals surface area (Å²) in [5, 5.41) is 0. The fourth-order valence-corrected chi connectivity index (χ4v) is 7.03. The SMILES string of the molecule is Cc1cc(C)c(C)c(S(=O)(=O)N2CCC(C(=O)N3CCc4ccccc4C3)CC2)c1C. The van der Waals surface area contributed by atoms with Gasteiger partial charge in [-0.15, -0.1) is 0 Å². The molecule has 31 heavy (non-hydrogen) atoms. The number of fused-ring (bicyclic) bond motifs is 1. The molecule has 0 unspecified atom stereocenters. The van der Waals surface area contributed by atoms with Crippen LogP contribution in [-0.2, 0) is 27.8 Å². The third kappa shape index (κ3) is 4.03. The van der Waals surface area contributed by atoms with Crippen molar-refractivity contribution in [1.82, 2.24) is 9.21 Å². The molecule has 2 heterocycles. The number of hydrogen-bond donors (Lipinski definition) is 0.